The van der Waals surface area contributed by atoms with E-state index in [4.69, 9.17) is 9.47 Å². The van der Waals surface area contributed by atoms with Gasteiger partial charge in [-0.25, -0.2) is 4.98 Å². The molecule has 1 aromatic carbocycles. The second-order valence-corrected chi connectivity index (χ2v) is 6.43. The van der Waals surface area contributed by atoms with Crippen molar-refractivity contribution >= 4 is 11.8 Å². The van der Waals surface area contributed by atoms with Gasteiger partial charge in [0, 0.05) is 37.7 Å². The normalized spacial score (nSPS) is 14.3. The fraction of sp³-hybridized carbons (Fsp3) is 0.412. The summed E-state index contributed by atoms with van der Waals surface area (Å²) in [6.45, 7) is 2.18. The highest BCUT2D eigenvalue weighted by Crippen LogP contribution is 2.27. The van der Waals surface area contributed by atoms with Crippen LogP contribution in [0.15, 0.2) is 28.2 Å². The van der Waals surface area contributed by atoms with Crippen LogP contribution in [0.2, 0.25) is 0 Å². The Bertz CT molecular complexity index is 791. The number of rotatable bonds is 5. The van der Waals surface area contributed by atoms with Gasteiger partial charge in [0.2, 0.25) is 0 Å². The van der Waals surface area contributed by atoms with Gasteiger partial charge in [-0.3, -0.25) is 9.69 Å². The summed E-state index contributed by atoms with van der Waals surface area (Å²) in [5.74, 6) is 1.56. The molecule has 1 aliphatic heterocycles. The van der Waals surface area contributed by atoms with Crippen molar-refractivity contribution in [2.24, 2.45) is 0 Å². The van der Waals surface area contributed by atoms with Crippen LogP contribution in [0, 0.1) is 0 Å². The number of hydrogen-bond acceptors (Lipinski definition) is 6. The largest absolute Gasteiger partial charge is 0.497 e. The number of methoxy groups -OCH3 is 2. The van der Waals surface area contributed by atoms with Crippen LogP contribution in [-0.4, -0.2) is 41.9 Å². The number of thioether (sulfide) groups is 1. The number of nitrogens with one attached hydrogen (secondary N) is 1. The molecular weight excluding hydrogens is 326 g/mol. The van der Waals surface area contributed by atoms with E-state index in [1.807, 2.05) is 24.5 Å². The lowest BCUT2D eigenvalue weighted by atomic mass is 10.1. The Kier molecular flexibility index (Phi) is 5.11. The van der Waals surface area contributed by atoms with E-state index < -0.39 is 0 Å². The minimum Gasteiger partial charge on any atom is -0.497 e. The van der Waals surface area contributed by atoms with Crippen LogP contribution in [0.3, 0.4) is 0 Å². The highest BCUT2D eigenvalue weighted by molar-refractivity contribution is 7.98. The molecule has 0 atom stereocenters. The topological polar surface area (TPSA) is 67.5 Å². The molecule has 24 heavy (non-hydrogen) atoms. The Morgan fingerprint density at radius 3 is 2.88 bits per heavy atom. The average Bonchev–Trinajstić information content (AvgIpc) is 2.62. The molecule has 0 radical (unpaired) electrons. The Morgan fingerprint density at radius 1 is 1.33 bits per heavy atom. The van der Waals surface area contributed by atoms with Gasteiger partial charge in [-0.05, 0) is 12.3 Å². The number of hydrogen-bond donors (Lipinski definition) is 1. The van der Waals surface area contributed by atoms with Gasteiger partial charge >= 0.3 is 0 Å². The van der Waals surface area contributed by atoms with E-state index in [0.717, 1.165) is 47.8 Å². The predicted octanol–water partition coefficient (Wildman–Crippen LogP) is 2.07. The molecule has 6 nitrogen and oxygen atoms in total. The third kappa shape index (κ3) is 3.42. The van der Waals surface area contributed by atoms with E-state index >= 15 is 0 Å². The maximum atomic E-state index is 12.3. The first-order valence-corrected chi connectivity index (χ1v) is 8.96. The number of fused-ring (bicyclic) bond motifs is 1. The van der Waals surface area contributed by atoms with Gasteiger partial charge in [-0.1, -0.05) is 17.8 Å². The van der Waals surface area contributed by atoms with Crippen molar-refractivity contribution in [2.75, 3.05) is 27.0 Å². The Balaban J connectivity index is 1.80. The zero-order valence-corrected chi connectivity index (χ0v) is 14.9. The molecule has 0 fully saturated rings. The zero-order valence-electron chi connectivity index (χ0n) is 14.1. The van der Waals surface area contributed by atoms with Crippen LogP contribution in [0.4, 0.5) is 0 Å². The monoisotopic (exact) mass is 347 g/mol. The number of ether oxygens (including phenoxy) is 2. The van der Waals surface area contributed by atoms with Crippen molar-refractivity contribution in [3.8, 4) is 11.5 Å². The summed E-state index contributed by atoms with van der Waals surface area (Å²) in [5, 5.41) is 0.684. The third-order valence-corrected chi connectivity index (χ3v) is 4.79. The molecule has 1 aromatic heterocycles. The first-order valence-electron chi connectivity index (χ1n) is 7.74. The van der Waals surface area contributed by atoms with Gasteiger partial charge in [0.05, 0.1) is 25.5 Å². The number of nitrogens with zero attached hydrogens (tertiary/aromatic N) is 2. The zero-order chi connectivity index (χ0) is 17.1. The highest BCUT2D eigenvalue weighted by atomic mass is 32.2. The SMILES string of the molecule is COc1ccc(CN2CCc3nc(SC)[nH]c(=O)c3C2)c(OC)c1. The predicted molar refractivity (Wildman–Crippen MR) is 94.0 cm³/mol. The lowest BCUT2D eigenvalue weighted by Gasteiger charge is -2.28. The molecule has 2 aromatic rings. The smallest absolute Gasteiger partial charge is 0.256 e. The molecule has 0 amide bonds. The lowest BCUT2D eigenvalue weighted by molar-refractivity contribution is 0.237. The lowest BCUT2D eigenvalue weighted by Crippen LogP contribution is -2.35. The summed E-state index contributed by atoms with van der Waals surface area (Å²) in [6, 6.07) is 5.81. The maximum Gasteiger partial charge on any atom is 0.256 e. The van der Waals surface area contributed by atoms with E-state index in [9.17, 15) is 4.79 Å². The molecule has 0 bridgehead atoms. The van der Waals surface area contributed by atoms with E-state index in [1.54, 1.807) is 14.2 Å². The standard InChI is InChI=1S/C17H21N3O3S/c1-22-12-5-4-11(15(8-12)23-2)9-20-7-6-14-13(10-20)16(21)19-17(18-14)24-3/h4-5,8H,6-7,9-10H2,1-3H3,(H,18,19,21). The molecule has 1 N–H and O–H groups in total. The Hall–Kier alpha value is -1.99. The Morgan fingerprint density at radius 2 is 2.17 bits per heavy atom. The van der Waals surface area contributed by atoms with Crippen LogP contribution in [-0.2, 0) is 19.5 Å². The third-order valence-electron chi connectivity index (χ3n) is 4.21. The van der Waals surface area contributed by atoms with Crippen molar-refractivity contribution in [1.82, 2.24) is 14.9 Å². The molecule has 1 aliphatic rings. The highest BCUT2D eigenvalue weighted by Gasteiger charge is 2.22. The van der Waals surface area contributed by atoms with Crippen molar-refractivity contribution in [2.45, 2.75) is 24.7 Å². The maximum absolute atomic E-state index is 12.3. The quantitative estimate of drug-likeness (QED) is 0.660. The summed E-state index contributed by atoms with van der Waals surface area (Å²) in [5.41, 5.74) is 2.73. The molecule has 0 spiro atoms. The number of aromatic nitrogens is 2. The fourth-order valence-electron chi connectivity index (χ4n) is 2.91. The second kappa shape index (κ2) is 7.27. The molecule has 0 unspecified atom stereocenters. The van der Waals surface area contributed by atoms with Crippen molar-refractivity contribution in [3.63, 3.8) is 0 Å². The second-order valence-electron chi connectivity index (χ2n) is 5.64. The van der Waals surface area contributed by atoms with E-state index in [0.29, 0.717) is 11.7 Å². The van der Waals surface area contributed by atoms with Gasteiger partial charge < -0.3 is 14.5 Å². The molecule has 128 valence electrons. The van der Waals surface area contributed by atoms with Gasteiger partial charge in [-0.2, -0.15) is 0 Å². The van der Waals surface area contributed by atoms with E-state index in [2.05, 4.69) is 14.9 Å². The first-order chi connectivity index (χ1) is 11.6. The minimum absolute atomic E-state index is 0.0317. The summed E-state index contributed by atoms with van der Waals surface area (Å²) < 4.78 is 10.7. The van der Waals surface area contributed by atoms with Gasteiger partial charge in [0.15, 0.2) is 5.16 Å². The van der Waals surface area contributed by atoms with Crippen LogP contribution < -0.4 is 15.0 Å². The van der Waals surface area contributed by atoms with E-state index in [1.165, 1.54) is 11.8 Å². The molecule has 2 heterocycles. The van der Waals surface area contributed by atoms with Crippen molar-refractivity contribution in [1.29, 1.82) is 0 Å². The van der Waals surface area contributed by atoms with Crippen LogP contribution in [0.1, 0.15) is 16.8 Å². The van der Waals surface area contributed by atoms with Gasteiger partial charge in [0.25, 0.3) is 5.56 Å². The Labute approximate surface area is 145 Å². The van der Waals surface area contributed by atoms with Crippen molar-refractivity contribution in [3.05, 3.63) is 45.4 Å². The van der Waals surface area contributed by atoms with Crippen molar-refractivity contribution < 1.29 is 9.47 Å². The van der Waals surface area contributed by atoms with Gasteiger partial charge in [-0.15, -0.1) is 0 Å². The fourth-order valence-corrected chi connectivity index (χ4v) is 3.31. The molecule has 3 rings (SSSR count). The number of benzene rings is 1. The number of H-pyrrole nitrogens is 1. The van der Waals surface area contributed by atoms with Crippen LogP contribution in [0.25, 0.3) is 0 Å². The van der Waals surface area contributed by atoms with Crippen LogP contribution >= 0.6 is 11.8 Å². The van der Waals surface area contributed by atoms with E-state index in [-0.39, 0.29) is 5.56 Å². The van der Waals surface area contributed by atoms with Crippen LogP contribution in [0.5, 0.6) is 11.5 Å². The molecule has 7 heteroatoms. The molecule has 0 saturated carbocycles. The number of aromatic amines is 1. The van der Waals surface area contributed by atoms with Gasteiger partial charge in [0.1, 0.15) is 11.5 Å². The minimum atomic E-state index is -0.0317. The molecule has 0 saturated heterocycles. The first kappa shape index (κ1) is 16.9. The molecular formula is C17H21N3O3S. The summed E-state index contributed by atoms with van der Waals surface area (Å²) in [4.78, 5) is 21.9. The molecule has 0 aliphatic carbocycles. The summed E-state index contributed by atoms with van der Waals surface area (Å²) in [7, 11) is 3.29. The summed E-state index contributed by atoms with van der Waals surface area (Å²) in [6.07, 6.45) is 2.70. The average molecular weight is 347 g/mol. The summed E-state index contributed by atoms with van der Waals surface area (Å²) >= 11 is 1.46.